The highest BCUT2D eigenvalue weighted by Gasteiger charge is 2.30. The first-order chi connectivity index (χ1) is 8.36. The summed E-state index contributed by atoms with van der Waals surface area (Å²) in [5, 5.41) is 0. The Bertz CT molecular complexity index is 561. The van der Waals surface area contributed by atoms with Crippen molar-refractivity contribution in [3.05, 3.63) is 41.7 Å². The number of benzene rings is 1. The van der Waals surface area contributed by atoms with E-state index in [9.17, 15) is 13.2 Å². The van der Waals surface area contributed by atoms with Gasteiger partial charge in [-0.15, -0.1) is 0 Å². The Hall–Kier alpha value is -1.98. The Kier molecular flexibility index (Phi) is 3.02. The molecule has 96 valence electrons. The van der Waals surface area contributed by atoms with Gasteiger partial charge in [0.05, 0.1) is 11.3 Å². The molecule has 0 atom stereocenters. The van der Waals surface area contributed by atoms with Gasteiger partial charge in [0.2, 0.25) is 0 Å². The van der Waals surface area contributed by atoms with Crippen LogP contribution < -0.4 is 4.74 Å². The summed E-state index contributed by atoms with van der Waals surface area (Å²) in [6.07, 6.45) is -2.65. The van der Waals surface area contributed by atoms with E-state index in [0.29, 0.717) is 0 Å². The fourth-order valence-electron chi connectivity index (χ4n) is 1.53. The van der Waals surface area contributed by atoms with Crippen LogP contribution >= 0.6 is 0 Å². The number of ether oxygens (including phenoxy) is 1. The Morgan fingerprint density at radius 3 is 2.56 bits per heavy atom. The summed E-state index contributed by atoms with van der Waals surface area (Å²) in [7, 11) is 1.71. The quantitative estimate of drug-likeness (QED) is 0.821. The highest BCUT2D eigenvalue weighted by atomic mass is 19.4. The van der Waals surface area contributed by atoms with Gasteiger partial charge in [0.25, 0.3) is 0 Å². The first-order valence-corrected chi connectivity index (χ1v) is 5.21. The summed E-state index contributed by atoms with van der Waals surface area (Å²) in [6, 6.07) is 4.96. The predicted molar refractivity (Wildman–Crippen MR) is 59.5 cm³/mol. The first-order valence-electron chi connectivity index (χ1n) is 5.21. The van der Waals surface area contributed by atoms with E-state index in [0.717, 1.165) is 17.8 Å². The van der Waals surface area contributed by atoms with Crippen molar-refractivity contribution in [1.29, 1.82) is 0 Å². The summed E-state index contributed by atoms with van der Waals surface area (Å²) < 4.78 is 44.5. The molecular weight excluding hydrogens is 245 g/mol. The molecule has 0 aliphatic rings. The van der Waals surface area contributed by atoms with Crippen LogP contribution in [-0.2, 0) is 13.2 Å². The third kappa shape index (κ3) is 2.64. The van der Waals surface area contributed by atoms with Crippen molar-refractivity contribution in [2.75, 3.05) is 0 Å². The molecule has 0 unspecified atom stereocenters. The summed E-state index contributed by atoms with van der Waals surface area (Å²) >= 11 is 0. The van der Waals surface area contributed by atoms with Gasteiger partial charge in [0, 0.05) is 13.2 Å². The lowest BCUT2D eigenvalue weighted by Gasteiger charge is -2.09. The highest BCUT2D eigenvalue weighted by molar-refractivity contribution is 5.32. The Balaban J connectivity index is 2.27. The zero-order chi connectivity index (χ0) is 13.3. The van der Waals surface area contributed by atoms with E-state index >= 15 is 0 Å². The van der Waals surface area contributed by atoms with Crippen LogP contribution in [0.15, 0.2) is 30.5 Å². The molecule has 0 saturated heterocycles. The van der Waals surface area contributed by atoms with Crippen LogP contribution in [0.2, 0.25) is 0 Å². The molecule has 0 radical (unpaired) electrons. The van der Waals surface area contributed by atoms with Gasteiger partial charge in [0.1, 0.15) is 5.75 Å². The lowest BCUT2D eigenvalue weighted by atomic mass is 10.2. The van der Waals surface area contributed by atoms with E-state index in [1.165, 1.54) is 12.1 Å². The van der Waals surface area contributed by atoms with Crippen LogP contribution in [0.25, 0.3) is 0 Å². The number of hydrogen-bond donors (Lipinski definition) is 0. The number of rotatable bonds is 2. The molecule has 0 fully saturated rings. The SMILES string of the molecule is Cc1cn(C)c(Oc2cccc(C(F)(F)F)c2)n1. The van der Waals surface area contributed by atoms with Crippen molar-refractivity contribution in [1.82, 2.24) is 9.55 Å². The van der Waals surface area contributed by atoms with Crippen molar-refractivity contribution >= 4 is 0 Å². The molecule has 0 amide bonds. The van der Waals surface area contributed by atoms with E-state index in [-0.39, 0.29) is 11.8 Å². The van der Waals surface area contributed by atoms with Gasteiger partial charge >= 0.3 is 12.2 Å². The van der Waals surface area contributed by atoms with Crippen LogP contribution in [0, 0.1) is 6.92 Å². The normalized spacial score (nSPS) is 11.6. The molecule has 1 heterocycles. The predicted octanol–water partition coefficient (Wildman–Crippen LogP) is 3.54. The maximum atomic E-state index is 12.5. The van der Waals surface area contributed by atoms with Crippen LogP contribution in [0.3, 0.4) is 0 Å². The number of aromatic nitrogens is 2. The smallest absolute Gasteiger partial charge is 0.416 e. The standard InChI is InChI=1S/C12H11F3N2O/c1-8-7-17(2)11(16-8)18-10-5-3-4-9(6-10)12(13,14)15/h3-7H,1-2H3. The molecule has 0 N–H and O–H groups in total. The number of hydrogen-bond acceptors (Lipinski definition) is 2. The van der Waals surface area contributed by atoms with Crippen LogP contribution in [0.4, 0.5) is 13.2 Å². The summed E-state index contributed by atoms with van der Waals surface area (Å²) in [4.78, 5) is 4.06. The fraction of sp³-hybridized carbons (Fsp3) is 0.250. The van der Waals surface area contributed by atoms with E-state index in [1.54, 1.807) is 24.7 Å². The Labute approximate surface area is 102 Å². The monoisotopic (exact) mass is 256 g/mol. The third-order valence-electron chi connectivity index (χ3n) is 2.32. The molecule has 1 aromatic carbocycles. The second kappa shape index (κ2) is 4.36. The van der Waals surface area contributed by atoms with Crippen molar-refractivity contribution < 1.29 is 17.9 Å². The van der Waals surface area contributed by atoms with Crippen molar-refractivity contribution in [3.63, 3.8) is 0 Å². The van der Waals surface area contributed by atoms with Gasteiger partial charge in [-0.3, -0.25) is 0 Å². The zero-order valence-electron chi connectivity index (χ0n) is 9.82. The largest absolute Gasteiger partial charge is 0.426 e. The Morgan fingerprint density at radius 1 is 1.28 bits per heavy atom. The third-order valence-corrected chi connectivity index (χ3v) is 2.32. The molecule has 0 aliphatic carbocycles. The second-order valence-electron chi connectivity index (χ2n) is 3.90. The molecule has 1 aromatic heterocycles. The molecule has 0 spiro atoms. The maximum Gasteiger partial charge on any atom is 0.416 e. The van der Waals surface area contributed by atoms with E-state index in [4.69, 9.17) is 4.74 Å². The van der Waals surface area contributed by atoms with E-state index < -0.39 is 11.7 Å². The minimum Gasteiger partial charge on any atom is -0.426 e. The van der Waals surface area contributed by atoms with Crippen molar-refractivity contribution in [2.45, 2.75) is 13.1 Å². The van der Waals surface area contributed by atoms with Crippen LogP contribution in [-0.4, -0.2) is 9.55 Å². The van der Waals surface area contributed by atoms with Gasteiger partial charge < -0.3 is 9.30 Å². The maximum absolute atomic E-state index is 12.5. The van der Waals surface area contributed by atoms with E-state index in [1.807, 2.05) is 0 Å². The second-order valence-corrected chi connectivity index (χ2v) is 3.90. The zero-order valence-corrected chi connectivity index (χ0v) is 9.82. The van der Waals surface area contributed by atoms with Crippen molar-refractivity contribution in [2.24, 2.45) is 7.05 Å². The molecule has 6 heteroatoms. The summed E-state index contributed by atoms with van der Waals surface area (Å²) in [5.74, 6) is 0.110. The molecular formula is C12H11F3N2O. The average Bonchev–Trinajstić information content (AvgIpc) is 2.56. The van der Waals surface area contributed by atoms with Crippen molar-refractivity contribution in [3.8, 4) is 11.8 Å². The summed E-state index contributed by atoms with van der Waals surface area (Å²) in [5.41, 5.74) is -0.00888. The molecule has 2 rings (SSSR count). The van der Waals surface area contributed by atoms with E-state index in [2.05, 4.69) is 4.98 Å². The fourth-order valence-corrected chi connectivity index (χ4v) is 1.53. The minimum atomic E-state index is -4.38. The van der Waals surface area contributed by atoms with Gasteiger partial charge in [-0.2, -0.15) is 13.2 Å². The van der Waals surface area contributed by atoms with Crippen LogP contribution in [0.5, 0.6) is 11.8 Å². The van der Waals surface area contributed by atoms with Gasteiger partial charge in [-0.25, -0.2) is 4.98 Å². The average molecular weight is 256 g/mol. The number of halogens is 3. The molecule has 2 aromatic rings. The Morgan fingerprint density at radius 2 is 2.00 bits per heavy atom. The lowest BCUT2D eigenvalue weighted by Crippen LogP contribution is -2.04. The molecule has 0 bridgehead atoms. The molecule has 0 saturated carbocycles. The first kappa shape index (κ1) is 12.5. The minimum absolute atomic E-state index is 0.110. The summed E-state index contributed by atoms with van der Waals surface area (Å²) in [6.45, 7) is 1.78. The van der Waals surface area contributed by atoms with Gasteiger partial charge in [-0.1, -0.05) is 6.07 Å². The van der Waals surface area contributed by atoms with Gasteiger partial charge in [0.15, 0.2) is 0 Å². The number of alkyl halides is 3. The highest BCUT2D eigenvalue weighted by Crippen LogP contribution is 2.32. The lowest BCUT2D eigenvalue weighted by molar-refractivity contribution is -0.137. The molecule has 3 nitrogen and oxygen atoms in total. The number of aryl methyl sites for hydroxylation is 2. The number of nitrogens with zero attached hydrogens (tertiary/aromatic N) is 2. The van der Waals surface area contributed by atoms with Crippen LogP contribution in [0.1, 0.15) is 11.3 Å². The molecule has 18 heavy (non-hydrogen) atoms. The van der Waals surface area contributed by atoms with Gasteiger partial charge in [-0.05, 0) is 25.1 Å². The number of imidazole rings is 1. The molecule has 0 aliphatic heterocycles. The topological polar surface area (TPSA) is 27.1 Å².